The van der Waals surface area contributed by atoms with E-state index in [0.717, 1.165) is 19.1 Å². The minimum atomic E-state index is -2.35. The molecule has 0 spiro atoms. The van der Waals surface area contributed by atoms with Crippen LogP contribution in [0.3, 0.4) is 0 Å². The van der Waals surface area contributed by atoms with Crippen molar-refractivity contribution in [3.8, 4) is 0 Å². The van der Waals surface area contributed by atoms with Gasteiger partial charge in [-0.1, -0.05) is 0 Å². The van der Waals surface area contributed by atoms with Crippen LogP contribution in [0.4, 0.5) is 5.69 Å². The maximum Gasteiger partial charge on any atom is 0.344 e. The van der Waals surface area contributed by atoms with Crippen molar-refractivity contribution in [1.82, 2.24) is 5.32 Å². The molecule has 0 aliphatic carbocycles. The van der Waals surface area contributed by atoms with Gasteiger partial charge in [-0.2, -0.15) is 0 Å². The van der Waals surface area contributed by atoms with Crippen LogP contribution in [0.15, 0.2) is 24.3 Å². The van der Waals surface area contributed by atoms with E-state index in [4.69, 9.17) is 9.47 Å². The predicted octanol–water partition coefficient (Wildman–Crippen LogP) is 1.17. The molecule has 10 nitrogen and oxygen atoms in total. The molecule has 0 radical (unpaired) electrons. The molecule has 1 rings (SSSR count). The molecule has 1 amide bonds. The monoisotopic (exact) mass is 380 g/mol. The lowest BCUT2D eigenvalue weighted by atomic mass is 9.89. The Morgan fingerprint density at radius 3 is 1.89 bits per heavy atom. The van der Waals surface area contributed by atoms with Crippen molar-refractivity contribution in [1.29, 1.82) is 0 Å². The van der Waals surface area contributed by atoms with Crippen molar-refractivity contribution in [2.45, 2.75) is 32.7 Å². The molecule has 0 fully saturated rings. The summed E-state index contributed by atoms with van der Waals surface area (Å²) in [7, 11) is 0. The van der Waals surface area contributed by atoms with E-state index < -0.39 is 40.5 Å². The number of hydrogen-bond donors (Lipinski definition) is 1. The highest BCUT2D eigenvalue weighted by Crippen LogP contribution is 2.21. The summed E-state index contributed by atoms with van der Waals surface area (Å²) in [6.45, 7) is 3.89. The van der Waals surface area contributed by atoms with Crippen LogP contribution in [0, 0.1) is 10.1 Å². The first-order valence-electron chi connectivity index (χ1n) is 8.08. The average molecular weight is 380 g/mol. The van der Waals surface area contributed by atoms with E-state index in [1.165, 1.54) is 26.0 Å². The number of non-ortho nitro benzene ring substituents is 1. The van der Waals surface area contributed by atoms with Gasteiger partial charge in [-0.3, -0.25) is 19.7 Å². The van der Waals surface area contributed by atoms with Gasteiger partial charge in [-0.15, -0.1) is 0 Å². The smallest absolute Gasteiger partial charge is 0.344 e. The molecule has 0 atom stereocenters. The fourth-order valence-electron chi connectivity index (χ4n) is 2.29. The summed E-state index contributed by atoms with van der Waals surface area (Å²) in [5, 5.41) is 12.9. The fourth-order valence-corrected chi connectivity index (χ4v) is 2.29. The van der Waals surface area contributed by atoms with Crippen LogP contribution in [0.5, 0.6) is 0 Å². The summed E-state index contributed by atoms with van der Waals surface area (Å²) in [5.74, 6) is -3.71. The number of rotatable bonds is 9. The van der Waals surface area contributed by atoms with E-state index in [1.54, 1.807) is 0 Å². The number of nitrogens with one attached hydrogen (secondary N) is 1. The van der Waals surface area contributed by atoms with Gasteiger partial charge in [0.1, 0.15) is 0 Å². The quantitative estimate of drug-likeness (QED) is 0.221. The molecule has 10 heteroatoms. The number of esters is 2. The van der Waals surface area contributed by atoms with E-state index >= 15 is 0 Å². The molecule has 0 aliphatic heterocycles. The zero-order valence-corrected chi connectivity index (χ0v) is 15.1. The van der Waals surface area contributed by atoms with E-state index in [1.807, 2.05) is 0 Å². The largest absolute Gasteiger partial charge is 0.464 e. The van der Waals surface area contributed by atoms with E-state index in [0.29, 0.717) is 0 Å². The van der Waals surface area contributed by atoms with Gasteiger partial charge < -0.3 is 14.8 Å². The Morgan fingerprint density at radius 2 is 1.52 bits per heavy atom. The van der Waals surface area contributed by atoms with Crippen molar-refractivity contribution < 1.29 is 33.6 Å². The van der Waals surface area contributed by atoms with Crippen molar-refractivity contribution in [2.24, 2.45) is 0 Å². The zero-order valence-electron chi connectivity index (χ0n) is 15.1. The summed E-state index contributed by atoms with van der Waals surface area (Å²) in [5.41, 5.74) is -2.56. The Kier molecular flexibility index (Phi) is 7.58. The van der Waals surface area contributed by atoms with Crippen molar-refractivity contribution in [3.05, 3.63) is 39.9 Å². The van der Waals surface area contributed by atoms with Gasteiger partial charge in [0.15, 0.2) is 5.78 Å². The Balaban J connectivity index is 3.29. The number of benzene rings is 1. The highest BCUT2D eigenvalue weighted by atomic mass is 16.6. The number of nitrogens with zero attached hydrogens (tertiary/aromatic N) is 1. The predicted molar refractivity (Wildman–Crippen MR) is 91.9 cm³/mol. The second-order valence-electron chi connectivity index (χ2n) is 5.43. The van der Waals surface area contributed by atoms with Gasteiger partial charge in [0.05, 0.1) is 24.6 Å². The van der Waals surface area contributed by atoms with Crippen LogP contribution in [0.25, 0.3) is 0 Å². The number of amides is 1. The first-order valence-corrected chi connectivity index (χ1v) is 8.08. The molecule has 1 aromatic rings. The SMILES string of the molecule is CCOC(=O)C(CC(=O)c1ccc([N+](=O)[O-])cc1)(NC(C)=O)C(=O)OCC. The average Bonchev–Trinajstić information content (AvgIpc) is 2.61. The van der Waals surface area contributed by atoms with E-state index in [9.17, 15) is 29.3 Å². The lowest BCUT2D eigenvalue weighted by Crippen LogP contribution is -2.62. The third kappa shape index (κ3) is 5.33. The summed E-state index contributed by atoms with van der Waals surface area (Å²) >= 11 is 0. The van der Waals surface area contributed by atoms with Crippen LogP contribution >= 0.6 is 0 Å². The number of ketones is 1. The molecule has 146 valence electrons. The maximum absolute atomic E-state index is 12.6. The number of ether oxygens (including phenoxy) is 2. The first kappa shape index (κ1) is 21.7. The number of carbonyl (C=O) groups is 4. The van der Waals surface area contributed by atoms with Gasteiger partial charge >= 0.3 is 11.9 Å². The second kappa shape index (κ2) is 9.41. The summed E-state index contributed by atoms with van der Waals surface area (Å²) < 4.78 is 9.73. The highest BCUT2D eigenvalue weighted by molar-refractivity contribution is 6.13. The van der Waals surface area contributed by atoms with Crippen molar-refractivity contribution in [2.75, 3.05) is 13.2 Å². The zero-order chi connectivity index (χ0) is 20.6. The third-order valence-electron chi connectivity index (χ3n) is 3.46. The van der Waals surface area contributed by atoms with Gasteiger partial charge in [-0.05, 0) is 26.0 Å². The highest BCUT2D eigenvalue weighted by Gasteiger charge is 2.51. The molecule has 27 heavy (non-hydrogen) atoms. The third-order valence-corrected chi connectivity index (χ3v) is 3.46. The number of carbonyl (C=O) groups excluding carboxylic acids is 4. The van der Waals surface area contributed by atoms with Crippen LogP contribution in [-0.4, -0.2) is 47.3 Å². The Labute approximate surface area is 155 Å². The number of hydrogen-bond acceptors (Lipinski definition) is 8. The topological polar surface area (TPSA) is 142 Å². The van der Waals surface area contributed by atoms with Gasteiger partial charge in [-0.25, -0.2) is 9.59 Å². The first-order chi connectivity index (χ1) is 12.7. The van der Waals surface area contributed by atoms with E-state index in [-0.39, 0.29) is 24.5 Å². The lowest BCUT2D eigenvalue weighted by molar-refractivity contribution is -0.384. The van der Waals surface area contributed by atoms with Gasteiger partial charge in [0, 0.05) is 24.6 Å². The second-order valence-corrected chi connectivity index (χ2v) is 5.43. The molecule has 1 N–H and O–H groups in total. The molecule has 0 saturated heterocycles. The summed E-state index contributed by atoms with van der Waals surface area (Å²) in [4.78, 5) is 59.2. The van der Waals surface area contributed by atoms with Crippen LogP contribution < -0.4 is 5.32 Å². The minimum Gasteiger partial charge on any atom is -0.464 e. The molecule has 0 heterocycles. The number of nitro groups is 1. The normalized spacial score (nSPS) is 10.6. The molecule has 0 saturated carbocycles. The van der Waals surface area contributed by atoms with E-state index in [2.05, 4.69) is 5.32 Å². The molecule has 0 aliphatic rings. The number of nitro benzene ring substituents is 1. The fraction of sp³-hybridized carbons (Fsp3) is 0.412. The minimum absolute atomic E-state index is 0.0175. The molecule has 1 aromatic carbocycles. The Morgan fingerprint density at radius 1 is 1.04 bits per heavy atom. The summed E-state index contributed by atoms with van der Waals surface area (Å²) in [6, 6.07) is 4.61. The molecular formula is C17H20N2O8. The Hall–Kier alpha value is -3.30. The van der Waals surface area contributed by atoms with Crippen LogP contribution in [0.2, 0.25) is 0 Å². The van der Waals surface area contributed by atoms with Crippen LogP contribution in [0.1, 0.15) is 37.6 Å². The van der Waals surface area contributed by atoms with Crippen molar-refractivity contribution in [3.63, 3.8) is 0 Å². The standard InChI is InChI=1S/C17H20N2O8/c1-4-26-15(22)17(18-11(3)20,16(23)27-5-2)10-14(21)12-6-8-13(9-7-12)19(24)25/h6-9H,4-5,10H2,1-3H3,(H,18,20). The van der Waals surface area contributed by atoms with Crippen LogP contribution in [-0.2, 0) is 23.9 Å². The molecule has 0 bridgehead atoms. The molecular weight excluding hydrogens is 360 g/mol. The van der Waals surface area contributed by atoms with Gasteiger partial charge in [0.25, 0.3) is 5.69 Å². The summed E-state index contributed by atoms with van der Waals surface area (Å²) in [6.07, 6.45) is -0.762. The maximum atomic E-state index is 12.6. The number of Topliss-reactive ketones (excluding diaryl/α,β-unsaturated/α-hetero) is 1. The Bertz CT molecular complexity index is 724. The lowest BCUT2D eigenvalue weighted by Gasteiger charge is -2.29. The van der Waals surface area contributed by atoms with Crippen molar-refractivity contribution >= 4 is 29.3 Å². The molecule has 0 unspecified atom stereocenters. The molecule has 0 aromatic heterocycles. The van der Waals surface area contributed by atoms with Gasteiger partial charge in [0.2, 0.25) is 11.4 Å².